The standard InChI is InChI=1S/C17H14IN3O3S/c1-10-8-11(18)6-7-14(10)20-21-15-9-16(25(22,23)24)12-4-2-3-5-13(12)17(15)19/h2-9H,19H2,1H3,(H,22,23,24). The summed E-state index contributed by atoms with van der Waals surface area (Å²) in [5.74, 6) is 0. The second kappa shape index (κ2) is 6.70. The molecule has 0 aliphatic rings. The number of anilines is 1. The minimum absolute atomic E-state index is 0.185. The maximum Gasteiger partial charge on any atom is 0.295 e. The molecule has 8 heteroatoms. The third kappa shape index (κ3) is 3.65. The number of halogens is 1. The molecule has 6 nitrogen and oxygen atoms in total. The Morgan fingerprint density at radius 1 is 1.00 bits per heavy atom. The molecule has 0 saturated carbocycles. The van der Waals surface area contributed by atoms with Crippen LogP contribution in [0.1, 0.15) is 5.56 Å². The van der Waals surface area contributed by atoms with E-state index in [9.17, 15) is 13.0 Å². The van der Waals surface area contributed by atoms with E-state index >= 15 is 0 Å². The molecule has 0 aromatic heterocycles. The van der Waals surface area contributed by atoms with Crippen LogP contribution in [0.3, 0.4) is 0 Å². The van der Waals surface area contributed by atoms with E-state index in [0.717, 1.165) is 9.13 Å². The molecular formula is C17H14IN3O3S. The van der Waals surface area contributed by atoms with Gasteiger partial charge in [-0.25, -0.2) is 0 Å². The van der Waals surface area contributed by atoms with Crippen molar-refractivity contribution in [3.05, 3.63) is 57.7 Å². The van der Waals surface area contributed by atoms with Crippen LogP contribution in [0.2, 0.25) is 0 Å². The number of hydrogen-bond acceptors (Lipinski definition) is 5. The van der Waals surface area contributed by atoms with E-state index in [2.05, 4.69) is 32.8 Å². The molecule has 25 heavy (non-hydrogen) atoms. The molecule has 0 aliphatic heterocycles. The van der Waals surface area contributed by atoms with Crippen LogP contribution in [0.5, 0.6) is 0 Å². The van der Waals surface area contributed by atoms with Crippen LogP contribution in [0, 0.1) is 10.5 Å². The Balaban J connectivity index is 2.19. The molecule has 0 heterocycles. The number of hydrogen-bond donors (Lipinski definition) is 2. The number of fused-ring (bicyclic) bond motifs is 1. The molecule has 0 spiro atoms. The first-order valence-electron chi connectivity index (χ1n) is 7.24. The summed E-state index contributed by atoms with van der Waals surface area (Å²) in [6.45, 7) is 1.91. The zero-order valence-corrected chi connectivity index (χ0v) is 16.1. The highest BCUT2D eigenvalue weighted by Gasteiger charge is 2.18. The van der Waals surface area contributed by atoms with Crippen LogP contribution < -0.4 is 5.73 Å². The maximum absolute atomic E-state index is 11.7. The van der Waals surface area contributed by atoms with Crippen LogP contribution in [-0.2, 0) is 10.1 Å². The quantitative estimate of drug-likeness (QED) is 0.245. The Bertz CT molecular complexity index is 1110. The molecule has 0 radical (unpaired) electrons. The SMILES string of the molecule is Cc1cc(I)ccc1N=Nc1cc(S(=O)(=O)O)c2ccccc2c1N. The number of aryl methyl sites for hydroxylation is 1. The number of nitrogens with zero attached hydrogens (tertiary/aromatic N) is 2. The van der Waals surface area contributed by atoms with Gasteiger partial charge in [0.05, 0.1) is 11.4 Å². The normalized spacial score (nSPS) is 12.1. The van der Waals surface area contributed by atoms with Gasteiger partial charge in [-0.3, -0.25) is 4.55 Å². The number of azo groups is 1. The number of nitrogen functional groups attached to an aromatic ring is 1. The van der Waals surface area contributed by atoms with Gasteiger partial charge >= 0.3 is 0 Å². The van der Waals surface area contributed by atoms with Crippen LogP contribution >= 0.6 is 22.6 Å². The van der Waals surface area contributed by atoms with Crippen LogP contribution in [-0.4, -0.2) is 13.0 Å². The third-order valence-corrected chi connectivity index (χ3v) is 5.29. The van der Waals surface area contributed by atoms with Gasteiger partial charge in [-0.2, -0.15) is 13.5 Å². The first-order valence-corrected chi connectivity index (χ1v) is 9.76. The lowest BCUT2D eigenvalue weighted by Crippen LogP contribution is -2.01. The van der Waals surface area contributed by atoms with Crippen LogP contribution in [0.4, 0.5) is 17.1 Å². The molecule has 3 N–H and O–H groups in total. The van der Waals surface area contributed by atoms with E-state index in [1.54, 1.807) is 24.3 Å². The summed E-state index contributed by atoms with van der Waals surface area (Å²) in [6.07, 6.45) is 0. The molecule has 0 atom stereocenters. The first kappa shape index (κ1) is 17.8. The highest BCUT2D eigenvalue weighted by molar-refractivity contribution is 14.1. The summed E-state index contributed by atoms with van der Waals surface area (Å²) in [7, 11) is -4.42. The van der Waals surface area contributed by atoms with Gasteiger partial charge in [0.1, 0.15) is 10.6 Å². The molecule has 0 bridgehead atoms. The van der Waals surface area contributed by atoms with Crippen molar-refractivity contribution in [1.29, 1.82) is 0 Å². The zero-order chi connectivity index (χ0) is 18.2. The smallest absolute Gasteiger partial charge is 0.295 e. The lowest BCUT2D eigenvalue weighted by molar-refractivity contribution is 0.484. The van der Waals surface area contributed by atoms with Crippen molar-refractivity contribution in [2.75, 3.05) is 5.73 Å². The minimum Gasteiger partial charge on any atom is -0.396 e. The van der Waals surface area contributed by atoms with Crippen molar-refractivity contribution < 1.29 is 13.0 Å². The average Bonchev–Trinajstić information content (AvgIpc) is 2.54. The van der Waals surface area contributed by atoms with E-state index in [1.807, 2.05) is 25.1 Å². The highest BCUT2D eigenvalue weighted by atomic mass is 127. The van der Waals surface area contributed by atoms with Crippen molar-refractivity contribution in [1.82, 2.24) is 0 Å². The summed E-state index contributed by atoms with van der Waals surface area (Å²) in [4.78, 5) is -0.245. The zero-order valence-electron chi connectivity index (χ0n) is 13.1. The Morgan fingerprint density at radius 2 is 1.64 bits per heavy atom. The van der Waals surface area contributed by atoms with Crippen LogP contribution in [0.25, 0.3) is 10.8 Å². The van der Waals surface area contributed by atoms with Gasteiger partial charge in [0.25, 0.3) is 10.1 Å². The molecular weight excluding hydrogens is 453 g/mol. The molecule has 0 fully saturated rings. The molecule has 0 aliphatic carbocycles. The second-order valence-electron chi connectivity index (χ2n) is 5.46. The molecule has 0 unspecified atom stereocenters. The van der Waals surface area contributed by atoms with Gasteiger partial charge in [0.2, 0.25) is 0 Å². The molecule has 3 aromatic rings. The molecule has 3 rings (SSSR count). The molecule has 3 aromatic carbocycles. The van der Waals surface area contributed by atoms with Gasteiger partial charge in [-0.1, -0.05) is 24.3 Å². The Kier molecular flexibility index (Phi) is 4.76. The number of nitrogens with two attached hydrogens (primary N) is 1. The third-order valence-electron chi connectivity index (χ3n) is 3.73. The van der Waals surface area contributed by atoms with Crippen molar-refractivity contribution >= 4 is 60.5 Å². The summed E-state index contributed by atoms with van der Waals surface area (Å²) in [5, 5.41) is 9.12. The van der Waals surface area contributed by atoms with Gasteiger partial charge in [-0.15, -0.1) is 5.11 Å². The predicted octanol–water partition coefficient (Wildman–Crippen LogP) is 5.00. The fraction of sp³-hybridized carbons (Fsp3) is 0.0588. The fourth-order valence-electron chi connectivity index (χ4n) is 2.49. The summed E-state index contributed by atoms with van der Waals surface area (Å²) < 4.78 is 34.0. The maximum atomic E-state index is 11.7. The Hall–Kier alpha value is -2.04. The van der Waals surface area contributed by atoms with Crippen LogP contribution in [0.15, 0.2) is 63.7 Å². The number of rotatable bonds is 3. The first-order chi connectivity index (χ1) is 11.8. The molecule has 0 amide bonds. The molecule has 0 saturated heterocycles. The van der Waals surface area contributed by atoms with E-state index in [1.165, 1.54) is 6.07 Å². The van der Waals surface area contributed by atoms with Crippen molar-refractivity contribution in [2.24, 2.45) is 10.2 Å². The lowest BCUT2D eigenvalue weighted by atomic mass is 10.1. The van der Waals surface area contributed by atoms with Gasteiger partial charge in [0.15, 0.2) is 0 Å². The summed E-state index contributed by atoms with van der Waals surface area (Å²) in [6, 6.07) is 13.6. The van der Waals surface area contributed by atoms with E-state index in [4.69, 9.17) is 5.73 Å². The van der Waals surface area contributed by atoms with Gasteiger partial charge in [0, 0.05) is 14.3 Å². The minimum atomic E-state index is -4.42. The predicted molar refractivity (Wildman–Crippen MR) is 106 cm³/mol. The Labute approximate surface area is 158 Å². The van der Waals surface area contributed by atoms with Gasteiger partial charge < -0.3 is 5.73 Å². The second-order valence-corrected chi connectivity index (χ2v) is 8.09. The van der Waals surface area contributed by atoms with E-state index < -0.39 is 10.1 Å². The monoisotopic (exact) mass is 467 g/mol. The fourth-order valence-corrected chi connectivity index (χ4v) is 3.85. The Morgan fingerprint density at radius 3 is 2.28 bits per heavy atom. The van der Waals surface area contributed by atoms with Crippen molar-refractivity contribution in [2.45, 2.75) is 11.8 Å². The average molecular weight is 467 g/mol. The topological polar surface area (TPSA) is 105 Å². The van der Waals surface area contributed by atoms with E-state index in [-0.39, 0.29) is 10.6 Å². The van der Waals surface area contributed by atoms with Crippen molar-refractivity contribution in [3.63, 3.8) is 0 Å². The van der Waals surface area contributed by atoms with E-state index in [0.29, 0.717) is 22.1 Å². The van der Waals surface area contributed by atoms with Crippen molar-refractivity contribution in [3.8, 4) is 0 Å². The number of benzene rings is 3. The largest absolute Gasteiger partial charge is 0.396 e. The summed E-state index contributed by atoms with van der Waals surface area (Å²) >= 11 is 2.20. The molecule has 128 valence electrons. The van der Waals surface area contributed by atoms with Gasteiger partial charge in [-0.05, 0) is 59.3 Å². The lowest BCUT2D eigenvalue weighted by Gasteiger charge is -2.09. The summed E-state index contributed by atoms with van der Waals surface area (Å²) in [5.41, 5.74) is 8.20. The highest BCUT2D eigenvalue weighted by Crippen LogP contribution is 2.37.